The van der Waals surface area contributed by atoms with Gasteiger partial charge in [-0.15, -0.1) is 0 Å². The quantitative estimate of drug-likeness (QED) is 0.851. The summed E-state index contributed by atoms with van der Waals surface area (Å²) in [7, 11) is 0. The number of hydrogen-bond donors (Lipinski definition) is 0. The molecule has 0 aromatic carbocycles. The van der Waals surface area contributed by atoms with Crippen molar-refractivity contribution in [3.8, 4) is 6.07 Å². The highest BCUT2D eigenvalue weighted by atomic mass is 16.5. The van der Waals surface area contributed by atoms with Gasteiger partial charge in [-0.1, -0.05) is 0 Å². The van der Waals surface area contributed by atoms with E-state index in [0.29, 0.717) is 43.8 Å². The van der Waals surface area contributed by atoms with Crippen molar-refractivity contribution in [2.24, 2.45) is 0 Å². The summed E-state index contributed by atoms with van der Waals surface area (Å²) >= 11 is 0. The number of fused-ring (bicyclic) bond motifs is 1. The molecule has 126 valence electrons. The Morgan fingerprint density at radius 3 is 3.00 bits per heavy atom. The average molecular weight is 327 g/mol. The fraction of sp³-hybridized carbons (Fsp3) is 0.529. The molecule has 2 aromatic rings. The number of nitriles is 1. The predicted octanol–water partition coefficient (Wildman–Crippen LogP) is 1.40. The maximum absolute atomic E-state index is 12.5. The standard InChI is InChI=1S/C17H21N5O2/c1-11-10-24-7-6-21(11)16(23)5-4-15-12(2)20-17-14(8-18)9-19-22(17)13(15)3/h9,11H,4-7,10H2,1-3H3/t11-/m1/s1. The SMILES string of the molecule is Cc1nc2c(C#N)cnn2c(C)c1CCC(=O)N1CCOC[C@H]1C. The molecule has 1 aliphatic rings. The summed E-state index contributed by atoms with van der Waals surface area (Å²) in [6, 6.07) is 2.23. The predicted molar refractivity (Wildman–Crippen MR) is 87.5 cm³/mol. The molecule has 2 aromatic heterocycles. The first-order valence-corrected chi connectivity index (χ1v) is 8.14. The monoisotopic (exact) mass is 327 g/mol. The molecular weight excluding hydrogens is 306 g/mol. The van der Waals surface area contributed by atoms with Crippen molar-refractivity contribution in [2.45, 2.75) is 39.7 Å². The van der Waals surface area contributed by atoms with Gasteiger partial charge in [0.2, 0.25) is 5.91 Å². The fourth-order valence-electron chi connectivity index (χ4n) is 3.22. The van der Waals surface area contributed by atoms with Crippen LogP contribution >= 0.6 is 0 Å². The molecule has 7 heteroatoms. The molecule has 0 bridgehead atoms. The van der Waals surface area contributed by atoms with E-state index in [9.17, 15) is 4.79 Å². The van der Waals surface area contributed by atoms with Gasteiger partial charge in [-0.3, -0.25) is 4.79 Å². The number of aryl methyl sites for hydroxylation is 2. The van der Waals surface area contributed by atoms with E-state index >= 15 is 0 Å². The summed E-state index contributed by atoms with van der Waals surface area (Å²) in [5.41, 5.74) is 3.83. The van der Waals surface area contributed by atoms with Crippen LogP contribution in [0.1, 0.15) is 35.9 Å². The molecular formula is C17H21N5O2. The van der Waals surface area contributed by atoms with Gasteiger partial charge in [-0.25, -0.2) is 9.50 Å². The molecule has 1 fully saturated rings. The van der Waals surface area contributed by atoms with E-state index < -0.39 is 0 Å². The van der Waals surface area contributed by atoms with Gasteiger partial charge >= 0.3 is 0 Å². The molecule has 0 unspecified atom stereocenters. The topological polar surface area (TPSA) is 83.5 Å². The Kier molecular flexibility index (Phi) is 4.49. The highest BCUT2D eigenvalue weighted by molar-refractivity contribution is 5.77. The van der Waals surface area contributed by atoms with E-state index in [-0.39, 0.29) is 11.9 Å². The van der Waals surface area contributed by atoms with E-state index in [1.165, 1.54) is 6.20 Å². The molecule has 0 saturated carbocycles. The van der Waals surface area contributed by atoms with Crippen molar-refractivity contribution in [3.63, 3.8) is 0 Å². The van der Waals surface area contributed by atoms with Gasteiger partial charge in [-0.05, 0) is 32.8 Å². The maximum Gasteiger partial charge on any atom is 0.223 e. The summed E-state index contributed by atoms with van der Waals surface area (Å²) in [4.78, 5) is 18.9. The van der Waals surface area contributed by atoms with Crippen LogP contribution in [0.5, 0.6) is 0 Å². The normalized spacial score (nSPS) is 17.9. The van der Waals surface area contributed by atoms with Gasteiger partial charge in [0.25, 0.3) is 0 Å². The number of ether oxygens (including phenoxy) is 1. The number of hydrogen-bond acceptors (Lipinski definition) is 5. The third kappa shape index (κ3) is 2.85. The number of carbonyl (C=O) groups is 1. The van der Waals surface area contributed by atoms with Crippen molar-refractivity contribution in [1.29, 1.82) is 5.26 Å². The van der Waals surface area contributed by atoms with Crippen LogP contribution in [0, 0.1) is 25.2 Å². The van der Waals surface area contributed by atoms with E-state index in [1.807, 2.05) is 25.7 Å². The van der Waals surface area contributed by atoms with Crippen LogP contribution in [0.15, 0.2) is 6.20 Å². The second kappa shape index (κ2) is 6.57. The van der Waals surface area contributed by atoms with Crippen molar-refractivity contribution in [3.05, 3.63) is 28.7 Å². The molecule has 1 atom stereocenters. The zero-order chi connectivity index (χ0) is 17.3. The van der Waals surface area contributed by atoms with Crippen LogP contribution in [0.4, 0.5) is 0 Å². The third-order valence-corrected chi connectivity index (χ3v) is 4.61. The Morgan fingerprint density at radius 2 is 2.29 bits per heavy atom. The van der Waals surface area contributed by atoms with Crippen LogP contribution in [0.3, 0.4) is 0 Å². The molecule has 0 spiro atoms. The number of morpholine rings is 1. The van der Waals surface area contributed by atoms with Crippen molar-refractivity contribution < 1.29 is 9.53 Å². The number of nitrogens with zero attached hydrogens (tertiary/aromatic N) is 5. The summed E-state index contributed by atoms with van der Waals surface area (Å²) in [6.07, 6.45) is 2.58. The van der Waals surface area contributed by atoms with E-state index in [4.69, 9.17) is 10.00 Å². The molecule has 0 radical (unpaired) electrons. The van der Waals surface area contributed by atoms with Gasteiger partial charge in [0.15, 0.2) is 5.65 Å². The Balaban J connectivity index is 1.80. The lowest BCUT2D eigenvalue weighted by molar-refractivity contribution is -0.139. The minimum atomic E-state index is 0.123. The molecule has 1 amide bonds. The van der Waals surface area contributed by atoms with Crippen LogP contribution in [0.2, 0.25) is 0 Å². The Bertz CT molecular complexity index is 820. The zero-order valence-corrected chi connectivity index (χ0v) is 14.2. The Morgan fingerprint density at radius 1 is 1.50 bits per heavy atom. The summed E-state index contributed by atoms with van der Waals surface area (Å²) < 4.78 is 7.07. The number of rotatable bonds is 3. The maximum atomic E-state index is 12.5. The fourth-order valence-corrected chi connectivity index (χ4v) is 3.22. The van der Waals surface area contributed by atoms with E-state index in [2.05, 4.69) is 16.2 Å². The molecule has 1 saturated heterocycles. The largest absolute Gasteiger partial charge is 0.377 e. The third-order valence-electron chi connectivity index (χ3n) is 4.61. The molecule has 3 rings (SSSR count). The molecule has 24 heavy (non-hydrogen) atoms. The molecule has 0 aliphatic carbocycles. The second-order valence-electron chi connectivity index (χ2n) is 6.18. The average Bonchev–Trinajstić information content (AvgIpc) is 2.97. The number of aromatic nitrogens is 3. The highest BCUT2D eigenvalue weighted by Crippen LogP contribution is 2.19. The number of amides is 1. The Labute approximate surface area is 140 Å². The lowest BCUT2D eigenvalue weighted by Gasteiger charge is -2.33. The zero-order valence-electron chi connectivity index (χ0n) is 14.2. The molecule has 1 aliphatic heterocycles. The lowest BCUT2D eigenvalue weighted by Crippen LogP contribution is -2.47. The summed E-state index contributed by atoms with van der Waals surface area (Å²) in [5.74, 6) is 0.142. The highest BCUT2D eigenvalue weighted by Gasteiger charge is 2.24. The van der Waals surface area contributed by atoms with Crippen molar-refractivity contribution in [1.82, 2.24) is 19.5 Å². The van der Waals surface area contributed by atoms with E-state index in [0.717, 1.165) is 17.0 Å². The van der Waals surface area contributed by atoms with Gasteiger partial charge < -0.3 is 9.64 Å². The van der Waals surface area contributed by atoms with E-state index in [1.54, 1.807) is 4.52 Å². The van der Waals surface area contributed by atoms with Crippen LogP contribution < -0.4 is 0 Å². The second-order valence-corrected chi connectivity index (χ2v) is 6.18. The molecule has 3 heterocycles. The smallest absolute Gasteiger partial charge is 0.223 e. The van der Waals surface area contributed by atoms with Gasteiger partial charge in [0.1, 0.15) is 11.6 Å². The van der Waals surface area contributed by atoms with Crippen molar-refractivity contribution >= 4 is 11.6 Å². The molecule has 0 N–H and O–H groups in total. The molecule has 7 nitrogen and oxygen atoms in total. The minimum absolute atomic E-state index is 0.123. The van der Waals surface area contributed by atoms with Crippen LogP contribution in [0.25, 0.3) is 5.65 Å². The minimum Gasteiger partial charge on any atom is -0.377 e. The van der Waals surface area contributed by atoms with Crippen LogP contribution in [-0.4, -0.2) is 51.2 Å². The van der Waals surface area contributed by atoms with Crippen LogP contribution in [-0.2, 0) is 16.0 Å². The number of carbonyl (C=O) groups excluding carboxylic acids is 1. The Hall–Kier alpha value is -2.46. The first kappa shape index (κ1) is 16.4. The lowest BCUT2D eigenvalue weighted by atomic mass is 10.1. The van der Waals surface area contributed by atoms with Gasteiger partial charge in [0.05, 0.1) is 25.5 Å². The first-order chi connectivity index (χ1) is 11.5. The van der Waals surface area contributed by atoms with Gasteiger partial charge in [-0.2, -0.15) is 10.4 Å². The summed E-state index contributed by atoms with van der Waals surface area (Å²) in [5, 5.41) is 13.4. The van der Waals surface area contributed by atoms with Gasteiger partial charge in [0, 0.05) is 24.4 Å². The first-order valence-electron chi connectivity index (χ1n) is 8.14. The van der Waals surface area contributed by atoms with Crippen molar-refractivity contribution in [2.75, 3.05) is 19.8 Å². The summed E-state index contributed by atoms with van der Waals surface area (Å²) in [6.45, 7) is 7.73.